The third-order valence-corrected chi connectivity index (χ3v) is 7.40. The first-order valence-corrected chi connectivity index (χ1v) is 11.7. The summed E-state index contributed by atoms with van der Waals surface area (Å²) in [5, 5.41) is 20.9. The van der Waals surface area contributed by atoms with Crippen LogP contribution in [0.4, 0.5) is 0 Å². The number of nitrogens with zero attached hydrogens (tertiary/aromatic N) is 1. The Labute approximate surface area is 182 Å². The number of quaternary nitrogens is 1. The Bertz CT molecular complexity index is 1180. The first-order valence-electron chi connectivity index (χ1n) is 10.2. The number of fused-ring (bicyclic) bond motifs is 3. The molecule has 1 saturated heterocycles. The molecule has 1 heterocycles. The second kappa shape index (κ2) is 7.96. The van der Waals surface area contributed by atoms with Gasteiger partial charge >= 0.3 is 0 Å². The van der Waals surface area contributed by atoms with E-state index >= 15 is 0 Å². The molecule has 0 bridgehead atoms. The van der Waals surface area contributed by atoms with Gasteiger partial charge < -0.3 is 14.9 Å². The van der Waals surface area contributed by atoms with Crippen molar-refractivity contribution in [1.82, 2.24) is 0 Å². The van der Waals surface area contributed by atoms with Crippen LogP contribution in [0.5, 0.6) is 0 Å². The van der Waals surface area contributed by atoms with Gasteiger partial charge in [-0.1, -0.05) is 42.0 Å². The summed E-state index contributed by atoms with van der Waals surface area (Å²) >= 11 is 0. The highest BCUT2D eigenvalue weighted by atomic mass is 32.2. The lowest BCUT2D eigenvalue weighted by Gasteiger charge is -2.41. The Morgan fingerprint density at radius 1 is 1.16 bits per heavy atom. The molecule has 164 valence electrons. The third kappa shape index (κ3) is 3.75. The van der Waals surface area contributed by atoms with Gasteiger partial charge in [-0.2, -0.15) is 12.8 Å². The van der Waals surface area contributed by atoms with Gasteiger partial charge in [-0.3, -0.25) is 4.90 Å². The van der Waals surface area contributed by atoms with Gasteiger partial charge in [-0.15, -0.1) is 0 Å². The molecule has 1 fully saturated rings. The third-order valence-electron chi connectivity index (χ3n) is 5.80. The molecule has 0 spiro atoms. The van der Waals surface area contributed by atoms with Gasteiger partial charge in [-0.25, -0.2) is 0 Å². The number of aryl methyl sites for hydroxylation is 3. The van der Waals surface area contributed by atoms with Gasteiger partial charge in [0.1, 0.15) is 19.7 Å². The quantitative estimate of drug-likeness (QED) is 0.647. The number of sulfonamides is 1. The van der Waals surface area contributed by atoms with Crippen molar-refractivity contribution < 1.29 is 28.3 Å². The minimum absolute atomic E-state index is 0.0725. The summed E-state index contributed by atoms with van der Waals surface area (Å²) in [5.41, 5.74) is 3.93. The number of nitrogens with one attached hydrogen (secondary N) is 1. The summed E-state index contributed by atoms with van der Waals surface area (Å²) in [6.07, 6.45) is 1.59. The molecule has 0 amide bonds. The molecular weight excluding hydrogens is 416 g/mol. The number of aliphatic hydroxyl groups is 2. The molecule has 2 aromatic carbocycles. The van der Waals surface area contributed by atoms with E-state index in [9.17, 15) is 18.6 Å². The highest BCUT2D eigenvalue weighted by Gasteiger charge is 2.49. The van der Waals surface area contributed by atoms with Gasteiger partial charge in [0.05, 0.1) is 17.2 Å². The summed E-state index contributed by atoms with van der Waals surface area (Å²) in [6.45, 7) is 6.61. The average molecular weight is 444 g/mol. The van der Waals surface area contributed by atoms with E-state index in [1.807, 2.05) is 19.1 Å². The molecule has 7 nitrogen and oxygen atoms in total. The predicted molar refractivity (Wildman–Crippen MR) is 117 cm³/mol. The SMILES string of the molecule is Cc1cc(C)c(S(=O)(=O)N=C2C=C3[NH+](CCO)CCOC3(O)c3ccccc32)c(C)c1. The molecule has 2 unspecified atom stereocenters. The molecule has 2 aliphatic rings. The number of hydrogen-bond acceptors (Lipinski definition) is 5. The number of morpholine rings is 1. The largest absolute Gasteiger partial charge is 0.391 e. The molecule has 2 atom stereocenters. The molecule has 0 aromatic heterocycles. The van der Waals surface area contributed by atoms with Crippen LogP contribution in [0, 0.1) is 20.8 Å². The zero-order chi connectivity index (χ0) is 22.4. The summed E-state index contributed by atoms with van der Waals surface area (Å²) in [6, 6.07) is 10.6. The van der Waals surface area contributed by atoms with Crippen LogP contribution >= 0.6 is 0 Å². The second-order valence-electron chi connectivity index (χ2n) is 8.10. The number of benzene rings is 2. The monoisotopic (exact) mass is 443 g/mol. The van der Waals surface area contributed by atoms with Crippen molar-refractivity contribution in [3.05, 3.63) is 76.0 Å². The van der Waals surface area contributed by atoms with E-state index < -0.39 is 15.8 Å². The van der Waals surface area contributed by atoms with Crippen molar-refractivity contribution in [2.75, 3.05) is 26.3 Å². The maximum absolute atomic E-state index is 13.4. The predicted octanol–water partition coefficient (Wildman–Crippen LogP) is 0.740. The summed E-state index contributed by atoms with van der Waals surface area (Å²) in [5.74, 6) is -1.68. The molecule has 8 heteroatoms. The van der Waals surface area contributed by atoms with E-state index in [0.717, 1.165) is 10.5 Å². The van der Waals surface area contributed by atoms with Crippen LogP contribution in [0.25, 0.3) is 0 Å². The van der Waals surface area contributed by atoms with Crippen molar-refractivity contribution in [3.63, 3.8) is 0 Å². The average Bonchev–Trinajstić information content (AvgIpc) is 2.68. The fourth-order valence-corrected chi connectivity index (χ4v) is 6.06. The topological polar surface area (TPSA) is 101 Å². The van der Waals surface area contributed by atoms with Crippen molar-refractivity contribution in [1.29, 1.82) is 0 Å². The van der Waals surface area contributed by atoms with Crippen LogP contribution in [0.15, 0.2) is 57.5 Å². The van der Waals surface area contributed by atoms with Crippen molar-refractivity contribution in [2.24, 2.45) is 4.40 Å². The number of rotatable bonds is 4. The van der Waals surface area contributed by atoms with E-state index in [4.69, 9.17) is 4.74 Å². The van der Waals surface area contributed by atoms with Crippen LogP contribution in [0.1, 0.15) is 27.8 Å². The molecule has 1 aliphatic heterocycles. The Balaban J connectivity index is 1.93. The Morgan fingerprint density at radius 2 is 1.84 bits per heavy atom. The minimum atomic E-state index is -4.01. The highest BCUT2D eigenvalue weighted by Crippen LogP contribution is 2.37. The van der Waals surface area contributed by atoms with E-state index in [0.29, 0.717) is 47.6 Å². The van der Waals surface area contributed by atoms with Gasteiger partial charge in [0.25, 0.3) is 15.8 Å². The Kier molecular flexibility index (Phi) is 5.61. The van der Waals surface area contributed by atoms with E-state index in [1.54, 1.807) is 44.2 Å². The van der Waals surface area contributed by atoms with Crippen LogP contribution < -0.4 is 4.90 Å². The lowest BCUT2D eigenvalue weighted by Crippen LogP contribution is -3.14. The van der Waals surface area contributed by atoms with Crippen molar-refractivity contribution >= 4 is 15.7 Å². The first kappa shape index (κ1) is 21.9. The van der Waals surface area contributed by atoms with E-state index in [2.05, 4.69) is 4.40 Å². The van der Waals surface area contributed by atoms with E-state index in [1.165, 1.54) is 0 Å². The molecular formula is C23H27N2O5S+. The van der Waals surface area contributed by atoms with Crippen LogP contribution in [-0.4, -0.2) is 50.6 Å². The fourth-order valence-electron chi connectivity index (χ4n) is 4.63. The normalized spacial score (nSPS) is 24.5. The summed E-state index contributed by atoms with van der Waals surface area (Å²) < 4.78 is 36.7. The molecule has 2 aromatic rings. The zero-order valence-corrected chi connectivity index (χ0v) is 18.7. The lowest BCUT2D eigenvalue weighted by atomic mass is 9.86. The lowest BCUT2D eigenvalue weighted by molar-refractivity contribution is -0.882. The minimum Gasteiger partial charge on any atom is -0.391 e. The van der Waals surface area contributed by atoms with Gasteiger partial charge in [0.2, 0.25) is 0 Å². The molecule has 3 N–H and O–H groups in total. The van der Waals surface area contributed by atoms with Crippen LogP contribution in [0.3, 0.4) is 0 Å². The number of hydrogen-bond donors (Lipinski definition) is 3. The fraction of sp³-hybridized carbons (Fsp3) is 0.348. The number of allylic oxidation sites excluding steroid dienone is 1. The molecule has 1 aliphatic carbocycles. The standard InChI is InChI=1S/C23H26N2O5S/c1-15-12-16(2)22(17(3)13-15)31(28,29)24-20-14-21-23(27,19-7-5-4-6-18(19)20)30-11-9-25(21)8-10-26/h4-7,12-14,26-27H,8-11H2,1-3H3/p+1. The Morgan fingerprint density at radius 3 is 2.52 bits per heavy atom. The second-order valence-corrected chi connectivity index (χ2v) is 9.64. The van der Waals surface area contributed by atoms with Crippen molar-refractivity contribution in [2.45, 2.75) is 31.5 Å². The highest BCUT2D eigenvalue weighted by molar-refractivity contribution is 7.90. The zero-order valence-electron chi connectivity index (χ0n) is 17.8. The number of aliphatic hydroxyl groups excluding tert-OH is 1. The maximum Gasteiger partial charge on any atom is 0.283 e. The van der Waals surface area contributed by atoms with Gasteiger partial charge in [-0.05, 0) is 31.9 Å². The van der Waals surface area contributed by atoms with Crippen LogP contribution in [0.2, 0.25) is 0 Å². The number of ether oxygens (including phenoxy) is 1. The van der Waals surface area contributed by atoms with Gasteiger partial charge in [0.15, 0.2) is 5.70 Å². The maximum atomic E-state index is 13.4. The molecule has 0 saturated carbocycles. The van der Waals surface area contributed by atoms with E-state index in [-0.39, 0.29) is 17.2 Å². The smallest absolute Gasteiger partial charge is 0.283 e. The molecule has 4 rings (SSSR count). The first-order chi connectivity index (χ1) is 14.7. The summed E-state index contributed by atoms with van der Waals surface area (Å²) in [7, 11) is -4.01. The Hall–Kier alpha value is -2.36. The molecule has 0 radical (unpaired) electrons. The summed E-state index contributed by atoms with van der Waals surface area (Å²) in [4.78, 5) is 1.03. The van der Waals surface area contributed by atoms with Crippen LogP contribution in [-0.2, 0) is 20.5 Å². The van der Waals surface area contributed by atoms with Gasteiger partial charge in [0, 0.05) is 17.2 Å². The van der Waals surface area contributed by atoms with Crippen molar-refractivity contribution in [3.8, 4) is 0 Å². The molecule has 31 heavy (non-hydrogen) atoms.